The molecule has 5 nitrogen and oxygen atoms in total. The summed E-state index contributed by atoms with van der Waals surface area (Å²) < 4.78 is 13.3. The molecular weight excluding hydrogens is 323 g/mol. The van der Waals surface area contributed by atoms with Crippen molar-refractivity contribution >= 4 is 11.9 Å². The molecule has 1 aliphatic heterocycles. The summed E-state index contributed by atoms with van der Waals surface area (Å²) in [5.74, 6) is -1.60. The largest absolute Gasteiger partial charge is 0.480 e. The fraction of sp³-hybridized carbons (Fsp3) is 0.579. The lowest BCUT2D eigenvalue weighted by molar-refractivity contribution is -0.148. The van der Waals surface area contributed by atoms with Gasteiger partial charge in [-0.05, 0) is 56.5 Å². The second kappa shape index (κ2) is 7.52. The van der Waals surface area contributed by atoms with Crippen molar-refractivity contribution in [2.24, 2.45) is 0 Å². The number of nitrogens with zero attached hydrogens (tertiary/aromatic N) is 1. The van der Waals surface area contributed by atoms with Gasteiger partial charge in [0.1, 0.15) is 17.4 Å². The molecule has 0 unspecified atom stereocenters. The van der Waals surface area contributed by atoms with E-state index in [1.807, 2.05) is 0 Å². The fourth-order valence-electron chi connectivity index (χ4n) is 4.02. The number of benzene rings is 1. The van der Waals surface area contributed by atoms with Crippen LogP contribution in [0.15, 0.2) is 24.3 Å². The first-order chi connectivity index (χ1) is 12.0. The number of carbonyl (C=O) groups excluding carboxylic acids is 1. The van der Waals surface area contributed by atoms with Gasteiger partial charge in [0.25, 0.3) is 0 Å². The van der Waals surface area contributed by atoms with E-state index in [1.165, 1.54) is 12.1 Å². The molecule has 2 N–H and O–H groups in total. The third-order valence-corrected chi connectivity index (χ3v) is 5.42. The number of rotatable bonds is 5. The molecule has 25 heavy (non-hydrogen) atoms. The molecule has 1 atom stereocenters. The summed E-state index contributed by atoms with van der Waals surface area (Å²) in [5, 5.41) is 12.5. The Morgan fingerprint density at radius 2 is 1.64 bits per heavy atom. The van der Waals surface area contributed by atoms with Gasteiger partial charge in [0, 0.05) is 0 Å². The van der Waals surface area contributed by atoms with Crippen molar-refractivity contribution in [1.82, 2.24) is 10.2 Å². The first-order valence-corrected chi connectivity index (χ1v) is 9.07. The summed E-state index contributed by atoms with van der Waals surface area (Å²) in [4.78, 5) is 26.9. The molecule has 1 amide bonds. The second-order valence-corrected chi connectivity index (χ2v) is 7.13. The van der Waals surface area contributed by atoms with Gasteiger partial charge in [-0.15, -0.1) is 0 Å². The predicted octanol–water partition coefficient (Wildman–Crippen LogP) is 2.87. The number of likely N-dealkylation sites (tertiary alicyclic amines) is 1. The minimum Gasteiger partial charge on any atom is -0.480 e. The van der Waals surface area contributed by atoms with E-state index in [2.05, 4.69) is 10.2 Å². The highest BCUT2D eigenvalue weighted by Gasteiger charge is 2.44. The van der Waals surface area contributed by atoms with Crippen molar-refractivity contribution in [1.29, 1.82) is 0 Å². The molecule has 0 radical (unpaired) electrons. The maximum absolute atomic E-state index is 13.3. The Hall–Kier alpha value is -1.95. The molecule has 136 valence electrons. The van der Waals surface area contributed by atoms with E-state index in [-0.39, 0.29) is 11.7 Å². The number of halogens is 1. The van der Waals surface area contributed by atoms with E-state index in [4.69, 9.17) is 0 Å². The van der Waals surface area contributed by atoms with E-state index in [9.17, 15) is 19.1 Å². The standard InChI is InChI=1S/C19H25FN2O3/c20-15-8-6-14(7-9-15)16(22-12-4-1-5-13-22)17(23)21-19(18(24)25)10-2-3-11-19/h6-9,16H,1-5,10-13H2,(H,21,23)(H,24,25)/t16-/m1/s1. The van der Waals surface area contributed by atoms with Gasteiger partial charge in [-0.25, -0.2) is 9.18 Å². The monoisotopic (exact) mass is 348 g/mol. The lowest BCUT2D eigenvalue weighted by Gasteiger charge is -2.36. The van der Waals surface area contributed by atoms with Crippen molar-refractivity contribution in [2.75, 3.05) is 13.1 Å². The second-order valence-electron chi connectivity index (χ2n) is 7.13. The van der Waals surface area contributed by atoms with Crippen LogP contribution in [0.5, 0.6) is 0 Å². The minimum absolute atomic E-state index is 0.294. The molecule has 1 aliphatic carbocycles. The number of hydrogen-bond acceptors (Lipinski definition) is 3. The van der Waals surface area contributed by atoms with Crippen LogP contribution in [0.3, 0.4) is 0 Å². The van der Waals surface area contributed by atoms with Gasteiger partial charge in [0.05, 0.1) is 0 Å². The van der Waals surface area contributed by atoms with Crippen LogP contribution < -0.4 is 5.32 Å². The normalized spacial score (nSPS) is 21.6. The lowest BCUT2D eigenvalue weighted by atomic mass is 9.95. The number of piperidine rings is 1. The third kappa shape index (κ3) is 3.84. The molecule has 0 spiro atoms. The minimum atomic E-state index is -1.16. The highest BCUT2D eigenvalue weighted by Crippen LogP contribution is 2.32. The molecule has 3 rings (SSSR count). The predicted molar refractivity (Wildman–Crippen MR) is 91.5 cm³/mol. The molecule has 1 heterocycles. The van der Waals surface area contributed by atoms with Gasteiger partial charge in [0.15, 0.2) is 0 Å². The smallest absolute Gasteiger partial charge is 0.329 e. The Labute approximate surface area is 147 Å². The number of carboxylic acids is 1. The quantitative estimate of drug-likeness (QED) is 0.858. The van der Waals surface area contributed by atoms with E-state index >= 15 is 0 Å². The molecular formula is C19H25FN2O3. The summed E-state index contributed by atoms with van der Waals surface area (Å²) in [6.07, 6.45) is 5.68. The highest BCUT2D eigenvalue weighted by atomic mass is 19.1. The zero-order valence-corrected chi connectivity index (χ0v) is 14.3. The Balaban J connectivity index is 1.86. The van der Waals surface area contributed by atoms with Gasteiger partial charge >= 0.3 is 5.97 Å². The number of hydrogen-bond donors (Lipinski definition) is 2. The van der Waals surface area contributed by atoms with Crippen LogP contribution in [0.2, 0.25) is 0 Å². The molecule has 1 saturated heterocycles. The van der Waals surface area contributed by atoms with E-state index in [0.717, 1.165) is 45.2 Å². The average Bonchev–Trinajstić information content (AvgIpc) is 3.08. The Morgan fingerprint density at radius 3 is 2.20 bits per heavy atom. The van der Waals surface area contributed by atoms with E-state index in [0.29, 0.717) is 18.4 Å². The van der Waals surface area contributed by atoms with Crippen LogP contribution in [-0.2, 0) is 9.59 Å². The molecule has 1 aromatic carbocycles. The molecule has 0 aromatic heterocycles. The van der Waals surface area contributed by atoms with E-state index < -0.39 is 17.6 Å². The molecule has 1 aromatic rings. The van der Waals surface area contributed by atoms with Crippen LogP contribution in [0.4, 0.5) is 4.39 Å². The number of carbonyl (C=O) groups is 2. The molecule has 1 saturated carbocycles. The first kappa shape index (κ1) is 17.9. The number of aliphatic carboxylic acids is 1. The van der Waals surface area contributed by atoms with Gasteiger partial charge < -0.3 is 10.4 Å². The van der Waals surface area contributed by atoms with Crippen molar-refractivity contribution in [3.8, 4) is 0 Å². The van der Waals surface area contributed by atoms with Gasteiger partial charge in [-0.1, -0.05) is 31.4 Å². The van der Waals surface area contributed by atoms with Crippen LogP contribution in [0.25, 0.3) is 0 Å². The SMILES string of the molecule is O=C(NC1(C(=O)O)CCCC1)[C@@H](c1ccc(F)cc1)N1CCCCC1. The lowest BCUT2D eigenvalue weighted by Crippen LogP contribution is -2.56. The van der Waals surface area contributed by atoms with Crippen LogP contribution in [0, 0.1) is 5.82 Å². The van der Waals surface area contributed by atoms with Crippen LogP contribution >= 0.6 is 0 Å². The van der Waals surface area contributed by atoms with Crippen molar-refractivity contribution < 1.29 is 19.1 Å². The Kier molecular flexibility index (Phi) is 5.37. The van der Waals surface area contributed by atoms with Gasteiger partial charge in [-0.3, -0.25) is 9.69 Å². The highest BCUT2D eigenvalue weighted by molar-refractivity contribution is 5.90. The Morgan fingerprint density at radius 1 is 1.04 bits per heavy atom. The zero-order valence-electron chi connectivity index (χ0n) is 14.3. The Bertz CT molecular complexity index is 620. The van der Waals surface area contributed by atoms with Crippen molar-refractivity contribution in [3.63, 3.8) is 0 Å². The maximum atomic E-state index is 13.3. The number of amides is 1. The summed E-state index contributed by atoms with van der Waals surface area (Å²) in [5.41, 5.74) is -0.454. The third-order valence-electron chi connectivity index (χ3n) is 5.42. The van der Waals surface area contributed by atoms with Crippen molar-refractivity contribution in [3.05, 3.63) is 35.6 Å². The summed E-state index contributed by atoms with van der Waals surface area (Å²) in [6.45, 7) is 1.57. The zero-order chi connectivity index (χ0) is 17.9. The fourth-order valence-corrected chi connectivity index (χ4v) is 4.02. The summed E-state index contributed by atoms with van der Waals surface area (Å²) in [6, 6.07) is 5.37. The van der Waals surface area contributed by atoms with E-state index in [1.54, 1.807) is 12.1 Å². The molecule has 2 aliphatic rings. The van der Waals surface area contributed by atoms with Crippen LogP contribution in [-0.4, -0.2) is 40.5 Å². The topological polar surface area (TPSA) is 69.6 Å². The molecule has 2 fully saturated rings. The van der Waals surface area contributed by atoms with Crippen molar-refractivity contribution in [2.45, 2.75) is 56.5 Å². The number of nitrogens with one attached hydrogen (secondary N) is 1. The summed E-state index contributed by atoms with van der Waals surface area (Å²) >= 11 is 0. The number of carboxylic acid groups (broad SMARTS) is 1. The summed E-state index contributed by atoms with van der Waals surface area (Å²) in [7, 11) is 0. The van der Waals surface area contributed by atoms with Crippen LogP contribution in [0.1, 0.15) is 56.6 Å². The molecule has 0 bridgehead atoms. The maximum Gasteiger partial charge on any atom is 0.329 e. The first-order valence-electron chi connectivity index (χ1n) is 9.07. The molecule has 6 heteroatoms. The van der Waals surface area contributed by atoms with Gasteiger partial charge in [0.2, 0.25) is 5.91 Å². The van der Waals surface area contributed by atoms with Gasteiger partial charge in [-0.2, -0.15) is 0 Å². The average molecular weight is 348 g/mol.